The Hall–Kier alpha value is 2.67. The first-order chi connectivity index (χ1) is 1.00. The largest absolute Gasteiger partial charge is 0 e. The summed E-state index contributed by atoms with van der Waals surface area (Å²) < 4.78 is 7.94. The van der Waals surface area contributed by atoms with Crippen molar-refractivity contribution in [2.45, 2.75) is 0 Å². The van der Waals surface area contributed by atoms with Gasteiger partial charge in [-0.2, -0.15) is 0 Å². The van der Waals surface area contributed by atoms with Gasteiger partial charge >= 0.3 is 19.5 Å². The Kier molecular flexibility index (Phi) is 69.0. The van der Waals surface area contributed by atoms with Crippen molar-refractivity contribution < 1.29 is 19.5 Å². The molecule has 22 valence electrons. The monoisotopic (exact) mass is 372 g/mol. The fourth-order valence-electron chi connectivity index (χ4n) is 0. The third-order valence-corrected chi connectivity index (χ3v) is 0. The van der Waals surface area contributed by atoms with Crippen LogP contribution in [0.3, 0.4) is 0 Å². The first-order valence-electron chi connectivity index (χ1n) is 0.136. The van der Waals surface area contributed by atoms with Crippen LogP contribution in [0.5, 0.6) is 0 Å². The minimum atomic E-state index is 0. The molecule has 0 amide bonds. The Morgan fingerprint density at radius 1 is 1.25 bits per heavy atom. The second kappa shape index (κ2) is 17.3. The fraction of sp³-hybridized carbons (Fsp3) is 0. The summed E-state index contributed by atoms with van der Waals surface area (Å²) in [6, 6.07) is 0. The first-order valence-corrected chi connectivity index (χ1v) is 0.561. The van der Waals surface area contributed by atoms with Gasteiger partial charge in [0.25, 0.3) is 0 Å². The summed E-state index contributed by atoms with van der Waals surface area (Å²) in [5, 5.41) is 0. The van der Waals surface area contributed by atoms with E-state index in [0.717, 1.165) is 0 Å². The van der Waals surface area contributed by atoms with E-state index in [1.54, 1.807) is 0 Å². The second-order valence-corrected chi connectivity index (χ2v) is 0. The maximum absolute atomic E-state index is 7.94. The normalized spacial score (nSPS) is 1.25. The van der Waals surface area contributed by atoms with Crippen molar-refractivity contribution >= 4 is 71.7 Å². The Balaban J connectivity index is -0.00000000500. The van der Waals surface area contributed by atoms with Gasteiger partial charge < -0.3 is 0 Å². The van der Waals surface area contributed by atoms with Crippen LogP contribution in [0, 0.1) is 0 Å². The molecule has 0 spiro atoms. The third-order valence-electron chi connectivity index (χ3n) is 0. The topological polar surface area (TPSA) is 17.1 Å². The van der Waals surface area contributed by atoms with Crippen LogP contribution in [0.2, 0.25) is 0 Å². The minimum absolute atomic E-state index is 0. The summed E-state index contributed by atoms with van der Waals surface area (Å²) in [6.07, 6.45) is 0. The van der Waals surface area contributed by atoms with Crippen molar-refractivity contribution in [2.24, 2.45) is 0 Å². The Morgan fingerprint density at radius 3 is 1.25 bits per heavy atom. The van der Waals surface area contributed by atoms with Crippen LogP contribution >= 0.6 is 0 Å². The van der Waals surface area contributed by atoms with Gasteiger partial charge in [-0.15, -0.1) is 0 Å². The smallest absolute Gasteiger partial charge is 0 e. The molecule has 5 radical (unpaired) electrons. The molecular weight excluding hydrogens is 372 g/mol. The zero-order valence-corrected chi connectivity index (χ0v) is 9.89. The van der Waals surface area contributed by atoms with Gasteiger partial charge in [0.2, 0.25) is 0 Å². The number of hydrogen-bond acceptors (Lipinski definition) is 1. The van der Waals surface area contributed by atoms with E-state index in [-0.39, 0.29) is 71.7 Å². The van der Waals surface area contributed by atoms with Gasteiger partial charge in [-0.3, -0.25) is 0 Å². The van der Waals surface area contributed by atoms with E-state index in [0.29, 0.717) is 0 Å². The minimum Gasteiger partial charge on any atom is 0 e. The summed E-state index contributed by atoms with van der Waals surface area (Å²) >= 11 is 2.31. The van der Waals surface area contributed by atoms with E-state index in [1.165, 1.54) is 0 Å². The van der Waals surface area contributed by atoms with Gasteiger partial charge in [0.1, 0.15) is 0 Å². The molecule has 0 aliphatic carbocycles. The maximum Gasteiger partial charge on any atom is 0 e. The van der Waals surface area contributed by atoms with Crippen LogP contribution in [0.15, 0.2) is 0 Å². The van der Waals surface area contributed by atoms with Crippen molar-refractivity contribution in [3.8, 4) is 0 Å². The van der Waals surface area contributed by atoms with Gasteiger partial charge in [-0.05, 0) is 0 Å². The van der Waals surface area contributed by atoms with Crippen LogP contribution in [0.4, 0.5) is 0 Å². The Morgan fingerprint density at radius 2 is 1.25 bits per heavy atom. The zero-order chi connectivity index (χ0) is 2.00. The van der Waals surface area contributed by atoms with Gasteiger partial charge in [0, 0.05) is 71.7 Å². The summed E-state index contributed by atoms with van der Waals surface area (Å²) in [6.45, 7) is 0. The molecule has 0 aromatic carbocycles. The molecule has 0 fully saturated rings. The van der Waals surface area contributed by atoms with E-state index < -0.39 is 0 Å². The molecule has 0 N–H and O–H groups in total. The van der Waals surface area contributed by atoms with E-state index in [2.05, 4.69) is 15.7 Å². The van der Waals surface area contributed by atoms with E-state index >= 15 is 0 Å². The van der Waals surface area contributed by atoms with E-state index in [9.17, 15) is 0 Å². The zero-order valence-electron chi connectivity index (χ0n) is 1.90. The summed E-state index contributed by atoms with van der Waals surface area (Å²) in [5.74, 6) is 0. The number of rotatable bonds is 0. The van der Waals surface area contributed by atoms with Crippen molar-refractivity contribution in [1.29, 1.82) is 0 Å². The first kappa shape index (κ1) is 15.9. The molecule has 0 aromatic rings. The Labute approximate surface area is 89.1 Å². The molecule has 0 saturated heterocycles. The molecule has 1 nitrogen and oxygen atoms in total. The van der Waals surface area contributed by atoms with Crippen LogP contribution < -0.4 is 0 Å². The van der Waals surface area contributed by atoms with E-state index in [1.807, 2.05) is 0 Å². The molecule has 0 atom stereocenters. The summed E-state index contributed by atoms with van der Waals surface area (Å²) in [5.41, 5.74) is 0. The third kappa shape index (κ3) is 8.82. The average molecular weight is 372 g/mol. The van der Waals surface area contributed by atoms with Crippen LogP contribution in [-0.4, -0.2) is 71.7 Å². The molecule has 0 unspecified atom stereocenters. The van der Waals surface area contributed by atoms with Gasteiger partial charge in [-0.25, -0.2) is 0 Å². The van der Waals surface area contributed by atoms with Crippen molar-refractivity contribution in [3.05, 3.63) is 0 Å². The standard InChI is InChI=1S/Bi.Co.O.Sr. The summed E-state index contributed by atoms with van der Waals surface area (Å²) in [7, 11) is 0. The molecule has 0 saturated carbocycles. The Bertz CT molecular complexity index is 8.00. The molecule has 4 heavy (non-hydrogen) atoms. The quantitative estimate of drug-likeness (QED) is 0.506. The molecule has 0 rings (SSSR count). The molecule has 0 aliphatic rings. The SMILES string of the molecule is [Bi].[O]=[Co].[Sr]. The fourth-order valence-corrected chi connectivity index (χ4v) is 0. The predicted molar refractivity (Wildman–Crippen MR) is 12.2 cm³/mol. The second-order valence-electron chi connectivity index (χ2n) is 0. The molecule has 0 aromatic heterocycles. The molecule has 0 heterocycles. The van der Waals surface area contributed by atoms with Crippen LogP contribution in [0.25, 0.3) is 0 Å². The van der Waals surface area contributed by atoms with Crippen molar-refractivity contribution in [1.82, 2.24) is 0 Å². The van der Waals surface area contributed by atoms with Crippen molar-refractivity contribution in [2.75, 3.05) is 0 Å². The molecule has 0 aliphatic heterocycles. The van der Waals surface area contributed by atoms with E-state index in [4.69, 9.17) is 3.87 Å². The van der Waals surface area contributed by atoms with Crippen molar-refractivity contribution in [3.63, 3.8) is 0 Å². The van der Waals surface area contributed by atoms with Crippen LogP contribution in [-0.2, 0) is 19.5 Å². The average Bonchev–Trinajstić information content (AvgIpc) is 1.00. The number of hydrogen-bond donors (Lipinski definition) is 0. The van der Waals surface area contributed by atoms with Gasteiger partial charge in [0.15, 0.2) is 0 Å². The molecular formula is BiCoOSr. The molecule has 0 bridgehead atoms. The van der Waals surface area contributed by atoms with Crippen LogP contribution in [0.1, 0.15) is 0 Å². The maximum atomic E-state index is 7.94. The van der Waals surface area contributed by atoms with Gasteiger partial charge in [0.05, 0.1) is 0 Å². The summed E-state index contributed by atoms with van der Waals surface area (Å²) in [4.78, 5) is 0. The predicted octanol–water partition coefficient (Wildman–Crippen LogP) is -0.883. The molecule has 4 heteroatoms. The van der Waals surface area contributed by atoms with Gasteiger partial charge in [-0.1, -0.05) is 0 Å².